The quantitative estimate of drug-likeness (QED) is 0.640. The van der Waals surface area contributed by atoms with Crippen molar-refractivity contribution in [3.05, 3.63) is 59.3 Å². The molecule has 7 heteroatoms. The number of H-pyrrole nitrogens is 1. The van der Waals surface area contributed by atoms with Crippen LogP contribution < -0.4 is 15.8 Å². The number of likely N-dealkylation sites (tertiary alicyclic amines) is 1. The van der Waals surface area contributed by atoms with Crippen molar-refractivity contribution >= 4 is 11.6 Å². The number of pyridine rings is 2. The molecule has 0 bridgehead atoms. The second kappa shape index (κ2) is 9.92. The molecule has 2 fully saturated rings. The fourth-order valence-electron chi connectivity index (χ4n) is 4.20. The van der Waals surface area contributed by atoms with E-state index in [4.69, 9.17) is 0 Å². The van der Waals surface area contributed by atoms with Crippen molar-refractivity contribution in [1.82, 2.24) is 20.2 Å². The molecule has 1 saturated heterocycles. The lowest BCUT2D eigenvalue weighted by atomic mass is 10.0. The van der Waals surface area contributed by atoms with Gasteiger partial charge in [0.1, 0.15) is 5.69 Å². The molecule has 0 atom stereocenters. The molecule has 1 saturated carbocycles. The smallest absolute Gasteiger partial charge is 0.271 e. The van der Waals surface area contributed by atoms with Crippen LogP contribution in [0.25, 0.3) is 11.1 Å². The standard InChI is InChI=1S/C24H31N5O2/c1-25-10-2-3-23(30)28-13-8-21(9-14-28)29(17-18-4-5-18)22-15-20(16-27-24(22)31)19-6-11-26-12-7-19/h2-3,6-7,11-12,15-16,18,21,25H,4-5,8-10,13-14,17H2,1H3,(H,27,31)/b3-2+. The molecule has 1 aliphatic heterocycles. The molecule has 2 N–H and O–H groups in total. The highest BCUT2D eigenvalue weighted by Crippen LogP contribution is 2.34. The topological polar surface area (TPSA) is 81.3 Å². The first kappa shape index (κ1) is 21.3. The third-order valence-corrected chi connectivity index (χ3v) is 6.16. The van der Waals surface area contributed by atoms with Gasteiger partial charge in [-0.25, -0.2) is 0 Å². The Bertz CT molecular complexity index is 959. The number of aromatic nitrogens is 2. The molecule has 164 valence electrons. The minimum atomic E-state index is -0.0491. The van der Waals surface area contributed by atoms with Gasteiger partial charge in [-0.2, -0.15) is 0 Å². The van der Waals surface area contributed by atoms with Gasteiger partial charge in [0.2, 0.25) is 5.91 Å². The summed E-state index contributed by atoms with van der Waals surface area (Å²) in [5.74, 6) is 0.730. The summed E-state index contributed by atoms with van der Waals surface area (Å²) in [6.45, 7) is 3.03. The van der Waals surface area contributed by atoms with E-state index in [1.54, 1.807) is 24.7 Å². The highest BCUT2D eigenvalue weighted by atomic mass is 16.2. The number of likely N-dealkylation sites (N-methyl/N-ethyl adjacent to an activating group) is 1. The Labute approximate surface area is 183 Å². The lowest BCUT2D eigenvalue weighted by Crippen LogP contribution is -2.48. The first-order chi connectivity index (χ1) is 15.2. The van der Waals surface area contributed by atoms with Crippen LogP contribution in [0.15, 0.2) is 53.7 Å². The van der Waals surface area contributed by atoms with Crippen LogP contribution in [-0.2, 0) is 4.79 Å². The molecule has 1 amide bonds. The third kappa shape index (κ3) is 5.41. The SMILES string of the molecule is CNC/C=C/C(=O)N1CCC(N(CC2CC2)c2cc(-c3ccncc3)c[nH]c2=O)CC1. The number of carbonyl (C=O) groups excluding carboxylic acids is 1. The second-order valence-corrected chi connectivity index (χ2v) is 8.45. The predicted molar refractivity (Wildman–Crippen MR) is 123 cm³/mol. The van der Waals surface area contributed by atoms with Gasteiger partial charge in [0.25, 0.3) is 5.56 Å². The van der Waals surface area contributed by atoms with Crippen molar-refractivity contribution in [2.75, 3.05) is 38.1 Å². The van der Waals surface area contributed by atoms with Gasteiger partial charge in [-0.05, 0) is 62.4 Å². The van der Waals surface area contributed by atoms with E-state index >= 15 is 0 Å². The molecule has 4 rings (SSSR count). The number of hydrogen-bond donors (Lipinski definition) is 2. The van der Waals surface area contributed by atoms with Gasteiger partial charge < -0.3 is 20.1 Å². The monoisotopic (exact) mass is 421 g/mol. The predicted octanol–water partition coefficient (Wildman–Crippen LogP) is 2.42. The van der Waals surface area contributed by atoms with Crippen molar-refractivity contribution < 1.29 is 4.79 Å². The lowest BCUT2D eigenvalue weighted by molar-refractivity contribution is -0.127. The van der Waals surface area contributed by atoms with Crippen LogP contribution in [0.5, 0.6) is 0 Å². The lowest BCUT2D eigenvalue weighted by Gasteiger charge is -2.39. The van der Waals surface area contributed by atoms with Gasteiger partial charge in [0, 0.05) is 62.5 Å². The number of rotatable bonds is 8. The van der Waals surface area contributed by atoms with Gasteiger partial charge in [0.05, 0.1) is 0 Å². The zero-order valence-electron chi connectivity index (χ0n) is 18.1. The summed E-state index contributed by atoms with van der Waals surface area (Å²) in [5, 5.41) is 3.01. The highest BCUT2D eigenvalue weighted by Gasteiger charge is 2.32. The minimum absolute atomic E-state index is 0.0491. The van der Waals surface area contributed by atoms with Crippen molar-refractivity contribution in [1.29, 1.82) is 0 Å². The van der Waals surface area contributed by atoms with E-state index in [2.05, 4.69) is 20.2 Å². The molecule has 7 nitrogen and oxygen atoms in total. The molecular weight excluding hydrogens is 390 g/mol. The van der Waals surface area contributed by atoms with Gasteiger partial charge >= 0.3 is 0 Å². The minimum Gasteiger partial charge on any atom is -0.364 e. The summed E-state index contributed by atoms with van der Waals surface area (Å²) < 4.78 is 0. The molecule has 0 aromatic carbocycles. The van der Waals surface area contributed by atoms with Crippen molar-refractivity contribution in [2.24, 2.45) is 5.92 Å². The first-order valence-corrected chi connectivity index (χ1v) is 11.2. The Morgan fingerprint density at radius 2 is 1.97 bits per heavy atom. The average molecular weight is 422 g/mol. The van der Waals surface area contributed by atoms with Crippen LogP contribution in [0, 0.1) is 5.92 Å². The zero-order valence-corrected chi connectivity index (χ0v) is 18.1. The Morgan fingerprint density at radius 3 is 2.65 bits per heavy atom. The summed E-state index contributed by atoms with van der Waals surface area (Å²) in [6.07, 6.45) is 13.0. The molecule has 31 heavy (non-hydrogen) atoms. The van der Waals surface area contributed by atoms with Crippen molar-refractivity contribution in [3.63, 3.8) is 0 Å². The third-order valence-electron chi connectivity index (χ3n) is 6.16. The number of anilines is 1. The number of amides is 1. The van der Waals surface area contributed by atoms with E-state index in [0.29, 0.717) is 12.5 Å². The number of carbonyl (C=O) groups is 1. The van der Waals surface area contributed by atoms with Crippen LogP contribution in [0.2, 0.25) is 0 Å². The molecule has 0 radical (unpaired) electrons. The summed E-state index contributed by atoms with van der Waals surface area (Å²) in [5.41, 5.74) is 2.71. The molecular formula is C24H31N5O2. The molecule has 2 aromatic rings. The Kier molecular flexibility index (Phi) is 6.82. The molecule has 2 aliphatic rings. The van der Waals surface area contributed by atoms with Crippen molar-refractivity contribution in [2.45, 2.75) is 31.7 Å². The Morgan fingerprint density at radius 1 is 1.23 bits per heavy atom. The van der Waals surface area contributed by atoms with E-state index in [0.717, 1.165) is 49.3 Å². The van der Waals surface area contributed by atoms with E-state index in [-0.39, 0.29) is 17.5 Å². The number of aromatic amines is 1. The zero-order chi connectivity index (χ0) is 21.6. The first-order valence-electron chi connectivity index (χ1n) is 11.2. The fraction of sp³-hybridized carbons (Fsp3) is 0.458. The maximum absolute atomic E-state index is 12.8. The van der Waals surface area contributed by atoms with Crippen LogP contribution in [-0.4, -0.2) is 60.0 Å². The van der Waals surface area contributed by atoms with Crippen LogP contribution >= 0.6 is 0 Å². The normalized spacial score (nSPS) is 17.3. The summed E-state index contributed by atoms with van der Waals surface area (Å²) in [7, 11) is 1.86. The van der Waals surface area contributed by atoms with E-state index in [1.807, 2.05) is 36.2 Å². The van der Waals surface area contributed by atoms with E-state index in [1.165, 1.54) is 12.8 Å². The number of piperidine rings is 1. The van der Waals surface area contributed by atoms with E-state index < -0.39 is 0 Å². The van der Waals surface area contributed by atoms with Gasteiger partial charge in [-0.1, -0.05) is 6.08 Å². The maximum atomic E-state index is 12.8. The van der Waals surface area contributed by atoms with Crippen LogP contribution in [0.4, 0.5) is 5.69 Å². The number of nitrogens with zero attached hydrogens (tertiary/aromatic N) is 3. The summed E-state index contributed by atoms with van der Waals surface area (Å²) >= 11 is 0. The molecule has 2 aromatic heterocycles. The number of nitrogens with one attached hydrogen (secondary N) is 2. The number of hydrogen-bond acceptors (Lipinski definition) is 5. The van der Waals surface area contributed by atoms with Gasteiger partial charge in [0.15, 0.2) is 0 Å². The summed E-state index contributed by atoms with van der Waals surface area (Å²) in [6, 6.07) is 6.18. The van der Waals surface area contributed by atoms with Gasteiger partial charge in [-0.15, -0.1) is 0 Å². The molecule has 3 heterocycles. The molecule has 1 aliphatic carbocycles. The van der Waals surface area contributed by atoms with Crippen LogP contribution in [0.3, 0.4) is 0 Å². The van der Waals surface area contributed by atoms with Crippen molar-refractivity contribution in [3.8, 4) is 11.1 Å². The molecule has 0 spiro atoms. The second-order valence-electron chi connectivity index (χ2n) is 8.45. The fourth-order valence-corrected chi connectivity index (χ4v) is 4.20. The summed E-state index contributed by atoms with van der Waals surface area (Å²) in [4.78, 5) is 36.5. The Balaban J connectivity index is 1.51. The van der Waals surface area contributed by atoms with E-state index in [9.17, 15) is 9.59 Å². The highest BCUT2D eigenvalue weighted by molar-refractivity contribution is 5.87. The Hall–Kier alpha value is -2.93. The van der Waals surface area contributed by atoms with Crippen LogP contribution in [0.1, 0.15) is 25.7 Å². The largest absolute Gasteiger partial charge is 0.364 e. The average Bonchev–Trinajstić information content (AvgIpc) is 3.63. The maximum Gasteiger partial charge on any atom is 0.271 e. The van der Waals surface area contributed by atoms with Gasteiger partial charge in [-0.3, -0.25) is 14.6 Å². The molecule has 0 unspecified atom stereocenters.